The monoisotopic (exact) mass is 259 g/mol. The van der Waals surface area contributed by atoms with Crippen LogP contribution in [0.4, 0.5) is 0 Å². The van der Waals surface area contributed by atoms with Crippen LogP contribution in [0.15, 0.2) is 10.5 Å². The van der Waals surface area contributed by atoms with Gasteiger partial charge in [0.2, 0.25) is 0 Å². The third kappa shape index (κ3) is 2.33. The molecule has 0 aliphatic heterocycles. The van der Waals surface area contributed by atoms with Crippen molar-refractivity contribution in [3.05, 3.63) is 20.3 Å². The second-order valence-electron chi connectivity index (χ2n) is 3.84. The molecule has 0 bridgehead atoms. The summed E-state index contributed by atoms with van der Waals surface area (Å²) < 4.78 is 1.21. The summed E-state index contributed by atoms with van der Waals surface area (Å²) in [7, 11) is 0. The van der Waals surface area contributed by atoms with E-state index in [2.05, 4.69) is 28.9 Å². The Morgan fingerprint density at radius 3 is 2.85 bits per heavy atom. The first-order valence-electron chi connectivity index (χ1n) is 4.68. The Morgan fingerprint density at radius 1 is 1.69 bits per heavy atom. The van der Waals surface area contributed by atoms with E-state index in [1.54, 1.807) is 0 Å². The van der Waals surface area contributed by atoms with E-state index >= 15 is 0 Å². The van der Waals surface area contributed by atoms with Gasteiger partial charge in [0.1, 0.15) is 0 Å². The molecule has 1 aliphatic rings. The Bertz CT molecular complexity index is 284. The topological polar surface area (TPSA) is 26.0 Å². The molecule has 2 N–H and O–H groups in total. The first-order valence-corrected chi connectivity index (χ1v) is 6.29. The van der Waals surface area contributed by atoms with Gasteiger partial charge in [-0.1, -0.05) is 12.8 Å². The molecule has 0 radical (unpaired) electrons. The van der Waals surface area contributed by atoms with Crippen molar-refractivity contribution in [1.29, 1.82) is 0 Å². The van der Waals surface area contributed by atoms with E-state index in [1.165, 1.54) is 33.5 Å². The highest BCUT2D eigenvalue weighted by atomic mass is 79.9. The van der Waals surface area contributed by atoms with E-state index in [9.17, 15) is 0 Å². The van der Waals surface area contributed by atoms with Crippen molar-refractivity contribution in [3.8, 4) is 0 Å². The second kappa shape index (κ2) is 3.71. The lowest BCUT2D eigenvalue weighted by Gasteiger charge is -2.07. The first kappa shape index (κ1) is 9.69. The predicted molar refractivity (Wildman–Crippen MR) is 61.0 cm³/mol. The molecule has 1 fully saturated rings. The zero-order valence-electron chi connectivity index (χ0n) is 7.72. The van der Waals surface area contributed by atoms with Crippen LogP contribution < -0.4 is 5.73 Å². The van der Waals surface area contributed by atoms with Crippen LogP contribution in [0.5, 0.6) is 0 Å². The van der Waals surface area contributed by atoms with Gasteiger partial charge in [-0.25, -0.2) is 0 Å². The third-order valence-corrected chi connectivity index (χ3v) is 4.79. The third-order valence-electron chi connectivity index (χ3n) is 2.53. The van der Waals surface area contributed by atoms with Crippen molar-refractivity contribution < 1.29 is 0 Å². The fourth-order valence-corrected chi connectivity index (χ4v) is 3.07. The van der Waals surface area contributed by atoms with Gasteiger partial charge in [0.25, 0.3) is 0 Å². The number of rotatable bonds is 3. The predicted octanol–water partition coefficient (Wildman–Crippen LogP) is 3.62. The second-order valence-corrected chi connectivity index (χ2v) is 5.98. The quantitative estimate of drug-likeness (QED) is 0.882. The first-order chi connectivity index (χ1) is 6.16. The normalized spacial score (nSPS) is 19.0. The number of thiophene rings is 1. The Morgan fingerprint density at radius 2 is 2.38 bits per heavy atom. The lowest BCUT2D eigenvalue weighted by molar-refractivity contribution is 0.605. The van der Waals surface area contributed by atoms with Crippen LogP contribution in [-0.4, -0.2) is 0 Å². The molecule has 1 saturated carbocycles. The largest absolute Gasteiger partial charge is 0.323 e. The molecule has 1 aliphatic carbocycles. The smallest absolute Gasteiger partial charge is 0.0392 e. The van der Waals surface area contributed by atoms with E-state index in [4.69, 9.17) is 5.73 Å². The lowest BCUT2D eigenvalue weighted by Crippen LogP contribution is -2.08. The number of halogens is 1. The van der Waals surface area contributed by atoms with Crippen LogP contribution in [0.3, 0.4) is 0 Å². The summed E-state index contributed by atoms with van der Waals surface area (Å²) in [6, 6.07) is 2.44. The van der Waals surface area contributed by atoms with E-state index in [1.807, 2.05) is 11.3 Å². The number of nitrogens with two attached hydrogens (primary N) is 1. The lowest BCUT2D eigenvalue weighted by atomic mass is 10.1. The van der Waals surface area contributed by atoms with Crippen molar-refractivity contribution in [2.75, 3.05) is 0 Å². The number of aryl methyl sites for hydroxylation is 1. The zero-order chi connectivity index (χ0) is 9.42. The minimum atomic E-state index is 0.266. The highest BCUT2D eigenvalue weighted by Gasteiger charge is 2.25. The molecule has 1 aromatic heterocycles. The SMILES string of the molecule is Cc1sc(C(N)CC2CC2)cc1Br. The Balaban J connectivity index is 2.05. The molecule has 72 valence electrons. The zero-order valence-corrected chi connectivity index (χ0v) is 10.1. The van der Waals surface area contributed by atoms with E-state index in [-0.39, 0.29) is 6.04 Å². The molecule has 3 heteroatoms. The maximum Gasteiger partial charge on any atom is 0.0392 e. The molecule has 0 spiro atoms. The molecule has 0 amide bonds. The summed E-state index contributed by atoms with van der Waals surface area (Å²) in [5, 5.41) is 0. The summed E-state index contributed by atoms with van der Waals surface area (Å²) in [5.41, 5.74) is 6.11. The average molecular weight is 260 g/mol. The highest BCUT2D eigenvalue weighted by Crippen LogP contribution is 2.39. The summed E-state index contributed by atoms with van der Waals surface area (Å²) in [4.78, 5) is 2.66. The van der Waals surface area contributed by atoms with Gasteiger partial charge in [-0.3, -0.25) is 0 Å². The molecule has 0 saturated heterocycles. The van der Waals surface area contributed by atoms with Crippen LogP contribution in [0.1, 0.15) is 35.1 Å². The van der Waals surface area contributed by atoms with Crippen LogP contribution >= 0.6 is 27.3 Å². The van der Waals surface area contributed by atoms with E-state index in [0.29, 0.717) is 0 Å². The van der Waals surface area contributed by atoms with Crippen LogP contribution in [0, 0.1) is 12.8 Å². The van der Waals surface area contributed by atoms with Gasteiger partial charge in [-0.05, 0) is 41.3 Å². The van der Waals surface area contributed by atoms with Crippen LogP contribution in [0.25, 0.3) is 0 Å². The number of hydrogen-bond acceptors (Lipinski definition) is 2. The molecule has 1 nitrogen and oxygen atoms in total. The van der Waals surface area contributed by atoms with E-state index < -0.39 is 0 Å². The Hall–Kier alpha value is 0.140. The van der Waals surface area contributed by atoms with Crippen LogP contribution in [-0.2, 0) is 0 Å². The minimum absolute atomic E-state index is 0.266. The molecule has 2 rings (SSSR count). The summed E-state index contributed by atoms with van der Waals surface area (Å²) in [6.07, 6.45) is 3.95. The van der Waals surface area contributed by atoms with Crippen molar-refractivity contribution >= 4 is 27.3 Å². The minimum Gasteiger partial charge on any atom is -0.323 e. The fourth-order valence-electron chi connectivity index (χ4n) is 1.49. The molecule has 13 heavy (non-hydrogen) atoms. The van der Waals surface area contributed by atoms with Gasteiger partial charge < -0.3 is 5.73 Å². The molecular formula is C10H14BrNS. The standard InChI is InChI=1S/C10H14BrNS/c1-6-8(11)5-10(13-6)9(12)4-7-2-3-7/h5,7,9H,2-4,12H2,1H3. The number of hydrogen-bond donors (Lipinski definition) is 1. The summed E-state index contributed by atoms with van der Waals surface area (Å²) in [5.74, 6) is 0.913. The van der Waals surface area contributed by atoms with Gasteiger partial charge in [0.05, 0.1) is 0 Å². The van der Waals surface area contributed by atoms with Crippen molar-refractivity contribution in [1.82, 2.24) is 0 Å². The van der Waals surface area contributed by atoms with Crippen LogP contribution in [0.2, 0.25) is 0 Å². The average Bonchev–Trinajstić information content (AvgIpc) is 2.81. The molecule has 1 aromatic rings. The van der Waals surface area contributed by atoms with Gasteiger partial charge in [0.15, 0.2) is 0 Å². The summed E-state index contributed by atoms with van der Waals surface area (Å²) >= 11 is 5.34. The van der Waals surface area contributed by atoms with Gasteiger partial charge in [0, 0.05) is 20.3 Å². The van der Waals surface area contributed by atoms with E-state index in [0.717, 1.165) is 5.92 Å². The molecular weight excluding hydrogens is 246 g/mol. The van der Waals surface area contributed by atoms with Crippen molar-refractivity contribution in [3.63, 3.8) is 0 Å². The van der Waals surface area contributed by atoms with Gasteiger partial charge in [-0.2, -0.15) is 0 Å². The van der Waals surface area contributed by atoms with Gasteiger partial charge in [-0.15, -0.1) is 11.3 Å². The molecule has 0 aromatic carbocycles. The Kier molecular flexibility index (Phi) is 2.77. The fraction of sp³-hybridized carbons (Fsp3) is 0.600. The summed E-state index contributed by atoms with van der Waals surface area (Å²) in [6.45, 7) is 2.13. The maximum atomic E-state index is 6.11. The van der Waals surface area contributed by atoms with Gasteiger partial charge >= 0.3 is 0 Å². The Labute approximate surface area is 91.5 Å². The van der Waals surface area contributed by atoms with Crippen molar-refractivity contribution in [2.45, 2.75) is 32.2 Å². The van der Waals surface area contributed by atoms with Crippen molar-refractivity contribution in [2.24, 2.45) is 11.7 Å². The molecule has 1 heterocycles. The molecule has 1 unspecified atom stereocenters. The molecule has 1 atom stereocenters. The highest BCUT2D eigenvalue weighted by molar-refractivity contribution is 9.10. The maximum absolute atomic E-state index is 6.11.